The zero-order valence-electron chi connectivity index (χ0n) is 8.87. The quantitative estimate of drug-likeness (QED) is 0.672. The number of rotatable bonds is 3. The van der Waals surface area contributed by atoms with Gasteiger partial charge in [-0.15, -0.1) is 0 Å². The number of likely N-dealkylation sites (N-methyl/N-ethyl adjacent to an activating group) is 1. The van der Waals surface area contributed by atoms with Crippen LogP contribution in [0.1, 0.15) is 12.8 Å². The fourth-order valence-corrected chi connectivity index (χ4v) is 1.59. The van der Waals surface area contributed by atoms with Gasteiger partial charge in [0.2, 0.25) is 0 Å². The first kappa shape index (κ1) is 12.8. The second kappa shape index (κ2) is 4.73. The van der Waals surface area contributed by atoms with E-state index in [2.05, 4.69) is 5.32 Å². The van der Waals surface area contributed by atoms with Crippen molar-refractivity contribution < 1.29 is 23.5 Å². The fraction of sp³-hybridized carbons (Fsp3) is 0.778. The van der Waals surface area contributed by atoms with E-state index >= 15 is 0 Å². The number of carbonyl (C=O) groups excluding carboxylic acids is 1. The third kappa shape index (κ3) is 2.88. The maximum atomic E-state index is 12.8. The Morgan fingerprint density at radius 1 is 1.38 bits per heavy atom. The van der Waals surface area contributed by atoms with E-state index in [4.69, 9.17) is 5.11 Å². The first-order valence-electron chi connectivity index (χ1n) is 4.94. The van der Waals surface area contributed by atoms with Crippen LogP contribution in [0, 0.1) is 0 Å². The number of carboxylic acids is 1. The number of piperidine rings is 1. The van der Waals surface area contributed by atoms with E-state index < -0.39 is 36.7 Å². The van der Waals surface area contributed by atoms with Crippen LogP contribution < -0.4 is 5.32 Å². The van der Waals surface area contributed by atoms with Crippen molar-refractivity contribution in [2.75, 3.05) is 20.1 Å². The molecule has 1 fully saturated rings. The third-order valence-corrected chi connectivity index (χ3v) is 2.59. The number of carboxylic acid groups (broad SMARTS) is 1. The molecule has 1 saturated heterocycles. The summed E-state index contributed by atoms with van der Waals surface area (Å²) in [6, 6.07) is -1.35. The molecule has 0 aromatic heterocycles. The van der Waals surface area contributed by atoms with Crippen molar-refractivity contribution >= 4 is 11.9 Å². The molecule has 1 atom stereocenters. The average molecular weight is 236 g/mol. The van der Waals surface area contributed by atoms with E-state index in [9.17, 15) is 18.4 Å². The average Bonchev–Trinajstić information content (AvgIpc) is 2.17. The predicted octanol–water partition coefficient (Wildman–Crippen LogP) is -0.0833. The molecule has 5 nitrogen and oxygen atoms in total. The second-order valence-electron chi connectivity index (χ2n) is 3.74. The summed E-state index contributed by atoms with van der Waals surface area (Å²) in [6.45, 7) is -0.200. The lowest BCUT2D eigenvalue weighted by Crippen LogP contribution is -2.53. The third-order valence-electron chi connectivity index (χ3n) is 2.59. The smallest absolute Gasteiger partial charge is 0.330 e. The van der Waals surface area contributed by atoms with Crippen molar-refractivity contribution in [2.24, 2.45) is 0 Å². The molecular weight excluding hydrogens is 222 g/mol. The van der Waals surface area contributed by atoms with Crippen LogP contribution in [0.2, 0.25) is 0 Å². The zero-order chi connectivity index (χ0) is 12.3. The molecule has 0 radical (unpaired) electrons. The number of likely N-dealkylation sites (tertiary alicyclic amines) is 1. The molecule has 0 aromatic carbocycles. The Kier molecular flexibility index (Phi) is 3.79. The van der Waals surface area contributed by atoms with Crippen LogP contribution in [0.5, 0.6) is 0 Å². The van der Waals surface area contributed by atoms with Crippen LogP contribution in [0.15, 0.2) is 0 Å². The van der Waals surface area contributed by atoms with Gasteiger partial charge in [-0.1, -0.05) is 0 Å². The standard InChI is InChI=1S/C9H14F2N2O3/c1-12-6(8(15)16)7(14)13-4-2-9(10,11)3-5-13/h6,12H,2-5H2,1H3,(H,15,16). The van der Waals surface area contributed by atoms with E-state index in [1.807, 2.05) is 0 Å². The van der Waals surface area contributed by atoms with Crippen molar-refractivity contribution in [1.82, 2.24) is 10.2 Å². The van der Waals surface area contributed by atoms with Crippen molar-refractivity contribution in [3.8, 4) is 0 Å². The van der Waals surface area contributed by atoms with E-state index in [0.717, 1.165) is 4.90 Å². The van der Waals surface area contributed by atoms with Gasteiger partial charge in [-0.05, 0) is 7.05 Å². The van der Waals surface area contributed by atoms with Crippen LogP contribution in [-0.2, 0) is 9.59 Å². The second-order valence-corrected chi connectivity index (χ2v) is 3.74. The topological polar surface area (TPSA) is 69.6 Å². The number of hydrogen-bond donors (Lipinski definition) is 2. The highest BCUT2D eigenvalue weighted by Crippen LogP contribution is 2.27. The SMILES string of the molecule is CNC(C(=O)O)C(=O)N1CCC(F)(F)CC1. The van der Waals surface area contributed by atoms with Gasteiger partial charge in [0, 0.05) is 25.9 Å². The van der Waals surface area contributed by atoms with Crippen molar-refractivity contribution in [3.63, 3.8) is 0 Å². The number of alkyl halides is 2. The van der Waals surface area contributed by atoms with Gasteiger partial charge in [-0.25, -0.2) is 13.6 Å². The summed E-state index contributed by atoms with van der Waals surface area (Å²) in [5.74, 6) is -4.70. The molecule has 0 aliphatic carbocycles. The van der Waals surface area contributed by atoms with E-state index in [1.165, 1.54) is 7.05 Å². The van der Waals surface area contributed by atoms with Crippen LogP contribution in [0.25, 0.3) is 0 Å². The van der Waals surface area contributed by atoms with E-state index in [1.54, 1.807) is 0 Å². The highest BCUT2D eigenvalue weighted by Gasteiger charge is 2.38. The summed E-state index contributed by atoms with van der Waals surface area (Å²) in [4.78, 5) is 23.5. The van der Waals surface area contributed by atoms with Gasteiger partial charge in [0.05, 0.1) is 0 Å². The van der Waals surface area contributed by atoms with Gasteiger partial charge in [0.15, 0.2) is 6.04 Å². The molecule has 92 valence electrons. The monoisotopic (exact) mass is 236 g/mol. The van der Waals surface area contributed by atoms with Gasteiger partial charge in [0.1, 0.15) is 0 Å². The molecule has 1 heterocycles. The Balaban J connectivity index is 2.59. The van der Waals surface area contributed by atoms with Crippen LogP contribution >= 0.6 is 0 Å². The minimum atomic E-state index is -2.74. The number of hydrogen-bond acceptors (Lipinski definition) is 3. The lowest BCUT2D eigenvalue weighted by molar-refractivity contribution is -0.150. The van der Waals surface area contributed by atoms with Crippen LogP contribution in [0.3, 0.4) is 0 Å². The molecule has 0 saturated carbocycles. The Morgan fingerprint density at radius 3 is 2.25 bits per heavy atom. The molecule has 16 heavy (non-hydrogen) atoms. The summed E-state index contributed by atoms with van der Waals surface area (Å²) in [7, 11) is 1.34. The van der Waals surface area contributed by atoms with Gasteiger partial charge < -0.3 is 10.0 Å². The summed E-state index contributed by atoms with van der Waals surface area (Å²) < 4.78 is 25.6. The van der Waals surface area contributed by atoms with Gasteiger partial charge in [-0.2, -0.15) is 0 Å². The number of aliphatic carboxylic acids is 1. The molecule has 1 amide bonds. The lowest BCUT2D eigenvalue weighted by atomic mass is 10.1. The maximum Gasteiger partial charge on any atom is 0.330 e. The zero-order valence-corrected chi connectivity index (χ0v) is 8.87. The Labute approximate surface area is 91.4 Å². The van der Waals surface area contributed by atoms with Gasteiger partial charge >= 0.3 is 5.97 Å². The highest BCUT2D eigenvalue weighted by atomic mass is 19.3. The number of amides is 1. The number of halogens is 2. The molecule has 0 spiro atoms. The van der Waals surface area contributed by atoms with Crippen molar-refractivity contribution in [1.29, 1.82) is 0 Å². The van der Waals surface area contributed by atoms with Crippen molar-refractivity contribution in [3.05, 3.63) is 0 Å². The maximum absolute atomic E-state index is 12.8. The molecule has 0 aromatic rings. The number of carbonyl (C=O) groups is 2. The summed E-state index contributed by atoms with van der Waals surface area (Å²) in [5.41, 5.74) is 0. The molecule has 1 unspecified atom stereocenters. The Hall–Kier alpha value is -1.24. The molecule has 2 N–H and O–H groups in total. The highest BCUT2D eigenvalue weighted by molar-refractivity contribution is 6.01. The Bertz CT molecular complexity index is 286. The first-order chi connectivity index (χ1) is 7.37. The summed E-state index contributed by atoms with van der Waals surface area (Å²) in [6.07, 6.45) is -0.816. The Morgan fingerprint density at radius 2 is 1.88 bits per heavy atom. The molecular formula is C9H14F2N2O3. The lowest BCUT2D eigenvalue weighted by Gasteiger charge is -2.33. The first-order valence-corrected chi connectivity index (χ1v) is 4.94. The summed E-state index contributed by atoms with van der Waals surface area (Å²) in [5, 5.41) is 11.1. The fourth-order valence-electron chi connectivity index (χ4n) is 1.59. The minimum absolute atomic E-state index is 0.0999. The van der Waals surface area contributed by atoms with E-state index in [-0.39, 0.29) is 13.1 Å². The molecule has 7 heteroatoms. The van der Waals surface area contributed by atoms with Crippen molar-refractivity contribution in [2.45, 2.75) is 24.8 Å². The van der Waals surface area contributed by atoms with Gasteiger partial charge in [-0.3, -0.25) is 10.1 Å². The normalized spacial score (nSPS) is 21.6. The van der Waals surface area contributed by atoms with Crippen LogP contribution in [0.4, 0.5) is 8.78 Å². The predicted molar refractivity (Wildman–Crippen MR) is 51.2 cm³/mol. The number of nitrogens with zero attached hydrogens (tertiary/aromatic N) is 1. The van der Waals surface area contributed by atoms with E-state index in [0.29, 0.717) is 0 Å². The van der Waals surface area contributed by atoms with Gasteiger partial charge in [0.25, 0.3) is 11.8 Å². The van der Waals surface area contributed by atoms with Crippen LogP contribution in [-0.4, -0.2) is 54.0 Å². The summed E-state index contributed by atoms with van der Waals surface area (Å²) >= 11 is 0. The molecule has 0 bridgehead atoms. The largest absolute Gasteiger partial charge is 0.480 e. The minimum Gasteiger partial charge on any atom is -0.480 e. The molecule has 1 aliphatic heterocycles. The molecule has 1 aliphatic rings. The number of nitrogens with one attached hydrogen (secondary N) is 1. The molecule has 1 rings (SSSR count).